The first-order valence-electron chi connectivity index (χ1n) is 20.3. The number of benzene rings is 1. The number of alkyl carbamates (subject to hydrolysis) is 1. The van der Waals surface area contributed by atoms with E-state index in [1.165, 1.54) is 17.8 Å². The van der Waals surface area contributed by atoms with E-state index >= 15 is 0 Å². The fourth-order valence-electron chi connectivity index (χ4n) is 6.80. The van der Waals surface area contributed by atoms with E-state index < -0.39 is 85.7 Å². The fourth-order valence-corrected chi connectivity index (χ4v) is 8.38. The van der Waals surface area contributed by atoms with Crippen molar-refractivity contribution < 1.29 is 56.5 Å². The van der Waals surface area contributed by atoms with Crippen molar-refractivity contribution in [2.45, 2.75) is 130 Å². The minimum atomic E-state index is -4.48. The number of anilines is 1. The minimum Gasteiger partial charge on any atom is -0.464 e. The number of hydrogen-bond acceptors (Lipinski definition) is 15. The van der Waals surface area contributed by atoms with E-state index in [0.717, 1.165) is 0 Å². The van der Waals surface area contributed by atoms with Crippen molar-refractivity contribution in [3.8, 4) is 5.75 Å². The number of nitrogen functional groups attached to an aromatic ring is 1. The monoisotopic (exact) mass is 858 g/mol. The fraction of sp³-hybridized carbons (Fsp3) is 0.610. The zero-order valence-corrected chi connectivity index (χ0v) is 36.6. The van der Waals surface area contributed by atoms with E-state index in [1.54, 1.807) is 97.9 Å². The van der Waals surface area contributed by atoms with E-state index in [1.807, 2.05) is 0 Å². The predicted octanol–water partition coefficient (Wildman–Crippen LogP) is 6.09. The highest BCUT2D eigenvalue weighted by Crippen LogP contribution is 2.50. The van der Waals surface area contributed by atoms with Gasteiger partial charge in [0.15, 0.2) is 18.0 Å². The molecule has 2 aliphatic rings. The van der Waals surface area contributed by atoms with Gasteiger partial charge in [-0.15, -0.1) is 0 Å². The Labute approximate surface area is 350 Å². The van der Waals surface area contributed by atoms with Crippen LogP contribution >= 0.6 is 7.75 Å². The lowest BCUT2D eigenvalue weighted by atomic mass is 9.86. The maximum Gasteiger partial charge on any atom is 0.459 e. The van der Waals surface area contributed by atoms with Crippen molar-refractivity contribution in [3.05, 3.63) is 54.5 Å². The molecule has 60 heavy (non-hydrogen) atoms. The molecule has 1 amide bonds. The molecule has 0 radical (unpaired) electrons. The van der Waals surface area contributed by atoms with Crippen LogP contribution in [0.25, 0.3) is 5.52 Å². The van der Waals surface area contributed by atoms with Gasteiger partial charge >= 0.3 is 31.7 Å². The lowest BCUT2D eigenvalue weighted by Crippen LogP contribution is -2.49. The van der Waals surface area contributed by atoms with Gasteiger partial charge in [0.05, 0.1) is 30.7 Å². The molecule has 3 aromatic rings. The third-order valence-electron chi connectivity index (χ3n) is 10.1. The van der Waals surface area contributed by atoms with Crippen molar-refractivity contribution in [2.24, 2.45) is 17.8 Å². The van der Waals surface area contributed by atoms with E-state index in [4.69, 9.17) is 38.5 Å². The molecule has 5 rings (SSSR count). The number of amides is 1. The SMILES string of the molecule is CC(C)C(=O)O[C@H]1[C@H](c2ccc3c(N)ncnn23)O[C@](C)(COP(=O)(N[C@@H](C)C(=O)OCC2CCC(NC(=O)OC(C)(C)C)CC2)Oc2ccccc2)[C@H]1OC(=O)C(C)C. The van der Waals surface area contributed by atoms with Gasteiger partial charge in [0.1, 0.15) is 40.9 Å². The van der Waals surface area contributed by atoms with Crippen molar-refractivity contribution >= 4 is 43.1 Å². The van der Waals surface area contributed by atoms with E-state index in [-0.39, 0.29) is 30.1 Å². The summed E-state index contributed by atoms with van der Waals surface area (Å²) in [5.74, 6) is -2.62. The highest BCUT2D eigenvalue weighted by atomic mass is 31.2. The van der Waals surface area contributed by atoms with Crippen molar-refractivity contribution in [1.29, 1.82) is 0 Å². The molecule has 2 fully saturated rings. The number of fused-ring (bicyclic) bond motifs is 1. The Morgan fingerprint density at radius 3 is 2.23 bits per heavy atom. The number of rotatable bonds is 16. The summed E-state index contributed by atoms with van der Waals surface area (Å²) in [5, 5.41) is 9.95. The lowest BCUT2D eigenvalue weighted by molar-refractivity contribution is -0.175. The van der Waals surface area contributed by atoms with Crippen LogP contribution in [0.2, 0.25) is 0 Å². The normalized spacial score (nSPS) is 24.7. The third kappa shape index (κ3) is 12.0. The van der Waals surface area contributed by atoms with Gasteiger partial charge in [-0.25, -0.2) is 18.9 Å². The maximum atomic E-state index is 14.7. The second kappa shape index (κ2) is 19.3. The quantitative estimate of drug-likeness (QED) is 0.0841. The topological polar surface area (TPSA) is 230 Å². The molecule has 1 aliphatic carbocycles. The second-order valence-corrected chi connectivity index (χ2v) is 18.8. The molecule has 18 nitrogen and oxygen atoms in total. The average Bonchev–Trinajstić information content (AvgIpc) is 3.72. The summed E-state index contributed by atoms with van der Waals surface area (Å²) in [6.07, 6.45) is -0.0184. The van der Waals surface area contributed by atoms with Crippen LogP contribution in [0, 0.1) is 17.8 Å². The highest BCUT2D eigenvalue weighted by molar-refractivity contribution is 7.52. The Bertz CT molecular complexity index is 2020. The number of carbonyl (C=O) groups is 4. The molecule has 1 saturated heterocycles. The molecule has 2 aromatic heterocycles. The molecule has 3 heterocycles. The van der Waals surface area contributed by atoms with Crippen LogP contribution in [0.3, 0.4) is 0 Å². The molecular weight excluding hydrogens is 799 g/mol. The number of aromatic nitrogens is 3. The summed E-state index contributed by atoms with van der Waals surface area (Å²) < 4.78 is 58.0. The zero-order chi connectivity index (χ0) is 44.0. The number of carbonyl (C=O) groups excluding carboxylic acids is 4. The first kappa shape index (κ1) is 46.3. The Hall–Kier alpha value is -4.77. The molecule has 0 spiro atoms. The summed E-state index contributed by atoms with van der Waals surface area (Å²) in [4.78, 5) is 56.2. The van der Waals surface area contributed by atoms with Crippen LogP contribution in [0.5, 0.6) is 5.75 Å². The minimum absolute atomic E-state index is 0.0480. The molecule has 330 valence electrons. The molecule has 19 heteroatoms. The maximum absolute atomic E-state index is 14.7. The molecule has 4 N–H and O–H groups in total. The van der Waals surface area contributed by atoms with Gasteiger partial charge in [0, 0.05) is 6.04 Å². The summed E-state index contributed by atoms with van der Waals surface area (Å²) in [6.45, 7) is 14.7. The van der Waals surface area contributed by atoms with Crippen LogP contribution in [0.15, 0.2) is 48.8 Å². The summed E-state index contributed by atoms with van der Waals surface area (Å²) in [6, 6.07) is 10.4. The van der Waals surface area contributed by atoms with Crippen LogP contribution in [-0.2, 0) is 47.2 Å². The molecule has 1 aliphatic heterocycles. The molecule has 1 aromatic carbocycles. The summed E-state index contributed by atoms with van der Waals surface area (Å²) >= 11 is 0. The number of nitrogens with two attached hydrogens (primary N) is 1. The number of ether oxygens (including phenoxy) is 5. The molecular formula is C41H59N6O12P. The lowest BCUT2D eigenvalue weighted by Gasteiger charge is -2.33. The Kier molecular flexibility index (Phi) is 14.9. The second-order valence-electron chi connectivity index (χ2n) is 17.1. The highest BCUT2D eigenvalue weighted by Gasteiger charge is 2.59. The Balaban J connectivity index is 1.34. The predicted molar refractivity (Wildman–Crippen MR) is 218 cm³/mol. The average molecular weight is 859 g/mol. The van der Waals surface area contributed by atoms with Crippen molar-refractivity contribution in [1.82, 2.24) is 25.0 Å². The molecule has 1 saturated carbocycles. The first-order valence-corrected chi connectivity index (χ1v) is 21.8. The van der Waals surface area contributed by atoms with Gasteiger partial charge in [-0.3, -0.25) is 18.9 Å². The third-order valence-corrected chi connectivity index (χ3v) is 11.7. The smallest absolute Gasteiger partial charge is 0.459 e. The number of esters is 3. The van der Waals surface area contributed by atoms with Gasteiger partial charge in [-0.2, -0.15) is 10.2 Å². The van der Waals surface area contributed by atoms with Crippen LogP contribution in [0.4, 0.5) is 10.6 Å². The zero-order valence-electron chi connectivity index (χ0n) is 35.7. The summed E-state index contributed by atoms with van der Waals surface area (Å²) in [7, 11) is -4.48. The van der Waals surface area contributed by atoms with Gasteiger partial charge in [0.2, 0.25) is 0 Å². The largest absolute Gasteiger partial charge is 0.464 e. The van der Waals surface area contributed by atoms with Crippen LogP contribution < -0.4 is 20.7 Å². The van der Waals surface area contributed by atoms with E-state index in [0.29, 0.717) is 36.9 Å². The standard InChI is InChI=1S/C41H59N6O12P/c1-24(2)36(48)55-33-32(30-19-20-31-35(42)43-23-44-47(30)31)57-41(9,34(33)56-37(49)25(3)4)22-54-60(52,59-29-13-11-10-12-14-29)46-26(5)38(50)53-21-27-15-17-28(18-16-27)45-39(51)58-40(6,7)8/h10-14,19-20,23-28,32-34H,15-18,21-22H2,1-9H3,(H,45,51)(H,46,52)(H2,42,43,44)/t26-,27?,28?,32-,33-,34-,41+,60?/m0/s1. The Morgan fingerprint density at radius 1 is 0.950 bits per heavy atom. The number of para-hydroxylation sites is 1. The van der Waals surface area contributed by atoms with Gasteiger partial charge in [-0.05, 0) is 90.5 Å². The Morgan fingerprint density at radius 2 is 1.60 bits per heavy atom. The molecule has 0 bridgehead atoms. The van der Waals surface area contributed by atoms with Gasteiger partial charge in [0.25, 0.3) is 0 Å². The molecule has 1 unspecified atom stereocenters. The van der Waals surface area contributed by atoms with Crippen LogP contribution in [-0.4, -0.2) is 87.3 Å². The molecule has 6 atom stereocenters. The van der Waals surface area contributed by atoms with E-state index in [2.05, 4.69) is 20.5 Å². The first-order chi connectivity index (χ1) is 28.2. The van der Waals surface area contributed by atoms with Crippen LogP contribution in [0.1, 0.15) is 99.8 Å². The van der Waals surface area contributed by atoms with E-state index in [9.17, 15) is 23.7 Å². The van der Waals surface area contributed by atoms with Gasteiger partial charge < -0.3 is 39.3 Å². The number of nitrogens with one attached hydrogen (secondary N) is 2. The van der Waals surface area contributed by atoms with Crippen molar-refractivity contribution in [3.63, 3.8) is 0 Å². The van der Waals surface area contributed by atoms with Gasteiger partial charge in [-0.1, -0.05) is 45.9 Å². The number of nitrogens with zero attached hydrogens (tertiary/aromatic N) is 3. The number of hydrogen-bond donors (Lipinski definition) is 3. The van der Waals surface area contributed by atoms with Crippen molar-refractivity contribution in [2.75, 3.05) is 18.9 Å². The summed E-state index contributed by atoms with van der Waals surface area (Å²) in [5.41, 5.74) is 4.74.